The number of nitrogens with one attached hydrogen (secondary N) is 3. The number of aryl methyl sites for hydroxylation is 1. The summed E-state index contributed by atoms with van der Waals surface area (Å²) in [5, 5.41) is 6.17. The van der Waals surface area contributed by atoms with Gasteiger partial charge in [0.2, 0.25) is 28.0 Å². The number of thioether (sulfide) groups is 2. The van der Waals surface area contributed by atoms with E-state index in [0.717, 1.165) is 7.11 Å². The van der Waals surface area contributed by atoms with Crippen LogP contribution in [0.2, 0.25) is 0 Å². The van der Waals surface area contributed by atoms with Gasteiger partial charge in [0.15, 0.2) is 0 Å². The number of carbonyl (C=O) groups excluding carboxylic acids is 7. The number of esters is 2. The van der Waals surface area contributed by atoms with Crippen molar-refractivity contribution in [1.29, 1.82) is 0 Å². The fourth-order valence-corrected chi connectivity index (χ4v) is 5.08. The van der Waals surface area contributed by atoms with Crippen LogP contribution in [0.1, 0.15) is 36.7 Å². The van der Waals surface area contributed by atoms with Crippen molar-refractivity contribution in [2.24, 2.45) is 0 Å². The van der Waals surface area contributed by atoms with Crippen LogP contribution in [0, 0.1) is 6.92 Å². The van der Waals surface area contributed by atoms with E-state index in [1.54, 1.807) is 13.0 Å². The summed E-state index contributed by atoms with van der Waals surface area (Å²) in [6.07, 6.45) is 0. The zero-order valence-corrected chi connectivity index (χ0v) is 24.6. The molecule has 3 N–H and O–H groups in total. The summed E-state index contributed by atoms with van der Waals surface area (Å²) in [5.41, 5.74) is 0.737. The van der Waals surface area contributed by atoms with Crippen molar-refractivity contribution in [1.82, 2.24) is 16.0 Å². The number of amides is 3. The van der Waals surface area contributed by atoms with E-state index in [0.29, 0.717) is 29.1 Å². The van der Waals surface area contributed by atoms with Gasteiger partial charge in [-0.05, 0) is 24.6 Å². The lowest BCUT2D eigenvalue weighted by molar-refractivity contribution is -0.144. The zero-order chi connectivity index (χ0) is 29.7. The van der Waals surface area contributed by atoms with E-state index < -0.39 is 58.0 Å². The molecule has 0 radical (unpaired) electrons. The molecule has 3 amide bonds. The minimum absolute atomic E-state index is 0.0286. The first-order valence-electron chi connectivity index (χ1n) is 11.4. The predicted octanol–water partition coefficient (Wildman–Crippen LogP) is 0.651. The SMILES string of the molecule is COC(=O)C(CSC(=O)C(CSC(=O)c1ccc(C)cc1OC(=O)C(CS)NC(C)=O)NC(C)=O)NC(C)=O. The number of benzene rings is 1. The second-order valence-electron chi connectivity index (χ2n) is 8.11. The molecule has 3 unspecified atom stereocenters. The Morgan fingerprint density at radius 3 is 1.90 bits per heavy atom. The Hall–Kier alpha value is -3.04. The molecule has 0 aliphatic heterocycles. The lowest BCUT2D eigenvalue weighted by atomic mass is 10.1. The Balaban J connectivity index is 3.01. The van der Waals surface area contributed by atoms with Crippen LogP contribution < -0.4 is 20.7 Å². The van der Waals surface area contributed by atoms with Gasteiger partial charge >= 0.3 is 11.9 Å². The Kier molecular flexibility index (Phi) is 14.7. The Morgan fingerprint density at radius 1 is 0.821 bits per heavy atom. The fraction of sp³-hybridized carbons (Fsp3) is 0.458. The summed E-state index contributed by atoms with van der Waals surface area (Å²) < 4.78 is 10.0. The predicted molar refractivity (Wildman–Crippen MR) is 150 cm³/mol. The molecule has 0 heterocycles. The monoisotopic (exact) mass is 601 g/mol. The maximum atomic E-state index is 13.1. The highest BCUT2D eigenvalue weighted by Crippen LogP contribution is 2.26. The number of thiol groups is 1. The molecule has 0 bridgehead atoms. The number of rotatable bonds is 13. The molecule has 15 heteroatoms. The maximum absolute atomic E-state index is 13.1. The molecule has 0 aliphatic carbocycles. The number of hydrogen-bond donors (Lipinski definition) is 4. The molecule has 1 aromatic carbocycles. The zero-order valence-electron chi connectivity index (χ0n) is 22.0. The van der Waals surface area contributed by atoms with Gasteiger partial charge < -0.3 is 25.4 Å². The summed E-state index contributed by atoms with van der Waals surface area (Å²) >= 11 is 5.44. The van der Waals surface area contributed by atoms with E-state index in [4.69, 9.17) is 4.74 Å². The molecule has 0 aromatic heterocycles. The topological polar surface area (TPSA) is 174 Å². The minimum Gasteiger partial charge on any atom is -0.467 e. The number of hydrogen-bond acceptors (Lipinski definition) is 12. The minimum atomic E-state index is -1.11. The first kappa shape index (κ1) is 34.0. The summed E-state index contributed by atoms with van der Waals surface area (Å²) in [4.78, 5) is 84.7. The highest BCUT2D eigenvalue weighted by molar-refractivity contribution is 8.15. The standard InChI is InChI=1S/C24H31N3O9S3/c1-12-6-7-16(20(8-12)36-22(32)17(9-37)25-13(2)28)23(33)38-11-19(27-15(4)30)24(34)39-10-18(21(31)35-5)26-14(3)29/h6-8,17-19,37H,9-11H2,1-5H3,(H,25,28)(H,26,29)(H,27,30). The second-order valence-corrected chi connectivity index (χ2v) is 10.5. The highest BCUT2D eigenvalue weighted by Gasteiger charge is 2.28. The van der Waals surface area contributed by atoms with Crippen molar-refractivity contribution in [2.45, 2.75) is 45.8 Å². The van der Waals surface area contributed by atoms with Crippen LogP contribution in [0.5, 0.6) is 5.75 Å². The van der Waals surface area contributed by atoms with Crippen molar-refractivity contribution in [3.05, 3.63) is 29.3 Å². The van der Waals surface area contributed by atoms with E-state index >= 15 is 0 Å². The largest absolute Gasteiger partial charge is 0.467 e. The summed E-state index contributed by atoms with van der Waals surface area (Å²) in [6.45, 7) is 5.38. The van der Waals surface area contributed by atoms with Crippen LogP contribution in [0.3, 0.4) is 0 Å². The van der Waals surface area contributed by atoms with E-state index in [-0.39, 0.29) is 28.6 Å². The van der Waals surface area contributed by atoms with Gasteiger partial charge in [-0.3, -0.25) is 24.0 Å². The van der Waals surface area contributed by atoms with Crippen molar-refractivity contribution in [2.75, 3.05) is 24.4 Å². The van der Waals surface area contributed by atoms with Crippen LogP contribution in [0.4, 0.5) is 0 Å². The lowest BCUT2D eigenvalue weighted by Crippen LogP contribution is -2.44. The molecule has 39 heavy (non-hydrogen) atoms. The van der Waals surface area contributed by atoms with Crippen molar-refractivity contribution >= 4 is 76.0 Å². The summed E-state index contributed by atoms with van der Waals surface area (Å²) in [7, 11) is 1.14. The number of carbonyl (C=O) groups is 7. The average Bonchev–Trinajstić information content (AvgIpc) is 2.86. The highest BCUT2D eigenvalue weighted by atomic mass is 32.2. The molecule has 214 valence electrons. The smallest absolute Gasteiger partial charge is 0.334 e. The van der Waals surface area contributed by atoms with Crippen molar-refractivity contribution in [3.63, 3.8) is 0 Å². The first-order chi connectivity index (χ1) is 18.3. The lowest BCUT2D eigenvalue weighted by Gasteiger charge is -2.19. The Morgan fingerprint density at radius 2 is 1.36 bits per heavy atom. The molecule has 1 rings (SSSR count). The molecule has 0 spiro atoms. The average molecular weight is 602 g/mol. The molecule has 3 atom stereocenters. The number of methoxy groups -OCH3 is 1. The van der Waals surface area contributed by atoms with Crippen LogP contribution in [0.15, 0.2) is 18.2 Å². The molecule has 12 nitrogen and oxygen atoms in total. The quantitative estimate of drug-likeness (QED) is 0.142. The molecular weight excluding hydrogens is 570 g/mol. The Bertz CT molecular complexity index is 1110. The summed E-state index contributed by atoms with van der Waals surface area (Å²) in [5.74, 6) is -3.42. The third-order valence-corrected chi connectivity index (χ3v) is 7.13. The molecule has 0 fully saturated rings. The van der Waals surface area contributed by atoms with Crippen molar-refractivity contribution in [3.8, 4) is 5.75 Å². The molecule has 1 aromatic rings. The van der Waals surface area contributed by atoms with Gasteiger partial charge in [-0.25, -0.2) is 9.59 Å². The first-order valence-corrected chi connectivity index (χ1v) is 14.0. The van der Waals surface area contributed by atoms with E-state index in [9.17, 15) is 33.6 Å². The van der Waals surface area contributed by atoms with Crippen LogP contribution >= 0.6 is 36.2 Å². The van der Waals surface area contributed by atoms with Gasteiger partial charge in [-0.2, -0.15) is 12.6 Å². The van der Waals surface area contributed by atoms with Gasteiger partial charge in [0.25, 0.3) is 0 Å². The van der Waals surface area contributed by atoms with Crippen LogP contribution in [-0.4, -0.2) is 82.4 Å². The third kappa shape index (κ3) is 12.1. The molecule has 0 saturated heterocycles. The van der Waals surface area contributed by atoms with E-state index in [1.165, 1.54) is 32.9 Å². The van der Waals surface area contributed by atoms with Gasteiger partial charge in [0.05, 0.1) is 12.7 Å². The Labute approximate surface area is 239 Å². The molecular formula is C24H31N3O9S3. The summed E-state index contributed by atoms with van der Waals surface area (Å²) in [6, 6.07) is 1.35. The normalized spacial score (nSPS) is 12.8. The van der Waals surface area contributed by atoms with Crippen molar-refractivity contribution < 1.29 is 43.0 Å². The van der Waals surface area contributed by atoms with Gasteiger partial charge in [0, 0.05) is 38.0 Å². The maximum Gasteiger partial charge on any atom is 0.334 e. The molecule has 0 aliphatic rings. The van der Waals surface area contributed by atoms with Crippen LogP contribution in [-0.2, 0) is 33.5 Å². The molecule has 0 saturated carbocycles. The van der Waals surface area contributed by atoms with Gasteiger partial charge in [-0.1, -0.05) is 29.6 Å². The van der Waals surface area contributed by atoms with Crippen LogP contribution in [0.25, 0.3) is 0 Å². The van der Waals surface area contributed by atoms with E-state index in [1.807, 2.05) is 0 Å². The fourth-order valence-electron chi connectivity index (χ4n) is 2.96. The third-order valence-electron chi connectivity index (χ3n) is 4.71. The van der Waals surface area contributed by atoms with Gasteiger partial charge in [0.1, 0.15) is 23.9 Å². The van der Waals surface area contributed by atoms with Gasteiger partial charge in [-0.15, -0.1) is 0 Å². The second kappa shape index (κ2) is 16.8. The number of ether oxygens (including phenoxy) is 2. The van der Waals surface area contributed by atoms with E-state index in [2.05, 4.69) is 33.3 Å².